The zero-order chi connectivity index (χ0) is 15.5. The maximum atomic E-state index is 11.5. The number of benzene rings is 1. The first-order valence-corrected chi connectivity index (χ1v) is 6.86. The third kappa shape index (κ3) is 4.11. The minimum atomic E-state index is -0.517. The Morgan fingerprint density at radius 3 is 2.86 bits per heavy atom. The number of rotatable bonds is 4. The number of nitrogens with one attached hydrogen (secondary N) is 2. The van der Waals surface area contributed by atoms with Gasteiger partial charge in [-0.15, -0.1) is 0 Å². The van der Waals surface area contributed by atoms with Gasteiger partial charge < -0.3 is 20.1 Å². The average molecular weight is 292 g/mol. The Hall–Kier alpha value is -2.24. The number of carbonyl (C=O) groups is 2. The predicted octanol–water partition coefficient (Wildman–Crippen LogP) is 1.83. The van der Waals surface area contributed by atoms with Crippen molar-refractivity contribution in [2.45, 2.75) is 32.9 Å². The normalized spacial score (nSPS) is 13.4. The highest BCUT2D eigenvalue weighted by atomic mass is 16.6. The van der Waals surface area contributed by atoms with E-state index in [4.69, 9.17) is 9.47 Å². The van der Waals surface area contributed by atoms with Gasteiger partial charge in [0.2, 0.25) is 0 Å². The van der Waals surface area contributed by atoms with Gasteiger partial charge in [-0.25, -0.2) is 4.79 Å². The van der Waals surface area contributed by atoms with Crippen LogP contribution in [0, 0.1) is 0 Å². The van der Waals surface area contributed by atoms with Crippen LogP contribution in [0.4, 0.5) is 4.79 Å². The van der Waals surface area contributed by atoms with Gasteiger partial charge in [-0.05, 0) is 32.9 Å². The second kappa shape index (κ2) is 6.03. The SMILES string of the molecule is CC(C)(C)OC(=O)NCCOc1cccc2c1CNC2=O. The molecule has 0 spiro atoms. The molecule has 114 valence electrons. The van der Waals surface area contributed by atoms with E-state index >= 15 is 0 Å². The Labute approximate surface area is 123 Å². The fourth-order valence-corrected chi connectivity index (χ4v) is 1.99. The number of hydrogen-bond acceptors (Lipinski definition) is 4. The van der Waals surface area contributed by atoms with Gasteiger partial charge in [0, 0.05) is 17.7 Å². The van der Waals surface area contributed by atoms with E-state index in [-0.39, 0.29) is 5.91 Å². The molecular formula is C15H20N2O4. The van der Waals surface area contributed by atoms with Crippen molar-refractivity contribution in [2.75, 3.05) is 13.2 Å². The zero-order valence-corrected chi connectivity index (χ0v) is 12.5. The van der Waals surface area contributed by atoms with Crippen LogP contribution < -0.4 is 15.4 Å². The molecule has 21 heavy (non-hydrogen) atoms. The van der Waals surface area contributed by atoms with Crippen LogP contribution in [0.3, 0.4) is 0 Å². The van der Waals surface area contributed by atoms with Gasteiger partial charge in [0.25, 0.3) is 5.91 Å². The van der Waals surface area contributed by atoms with Crippen molar-refractivity contribution in [1.82, 2.24) is 10.6 Å². The summed E-state index contributed by atoms with van der Waals surface area (Å²) in [6.45, 7) is 6.54. The molecule has 0 saturated heterocycles. The molecule has 2 rings (SSSR count). The van der Waals surface area contributed by atoms with Crippen LogP contribution in [0.5, 0.6) is 5.75 Å². The van der Waals surface area contributed by atoms with Crippen LogP contribution in [0.25, 0.3) is 0 Å². The van der Waals surface area contributed by atoms with Gasteiger partial charge in [-0.2, -0.15) is 0 Å². The minimum absolute atomic E-state index is 0.0812. The third-order valence-electron chi connectivity index (χ3n) is 2.83. The van der Waals surface area contributed by atoms with Gasteiger partial charge in [0.15, 0.2) is 0 Å². The molecule has 2 N–H and O–H groups in total. The monoisotopic (exact) mass is 292 g/mol. The summed E-state index contributed by atoms with van der Waals surface area (Å²) in [7, 11) is 0. The molecule has 0 radical (unpaired) electrons. The van der Waals surface area contributed by atoms with E-state index in [1.165, 1.54) is 0 Å². The van der Waals surface area contributed by atoms with E-state index in [0.717, 1.165) is 5.56 Å². The molecule has 1 aromatic rings. The molecule has 6 heteroatoms. The summed E-state index contributed by atoms with van der Waals surface area (Å²) in [5.74, 6) is 0.583. The van der Waals surface area contributed by atoms with E-state index in [9.17, 15) is 9.59 Å². The molecule has 0 aromatic heterocycles. The molecule has 0 aliphatic carbocycles. The Morgan fingerprint density at radius 1 is 1.38 bits per heavy atom. The predicted molar refractivity (Wildman–Crippen MR) is 77.3 cm³/mol. The molecule has 1 heterocycles. The Balaban J connectivity index is 1.80. The number of alkyl carbamates (subject to hydrolysis) is 1. The smallest absolute Gasteiger partial charge is 0.407 e. The van der Waals surface area contributed by atoms with Crippen LogP contribution in [-0.4, -0.2) is 30.8 Å². The van der Waals surface area contributed by atoms with Crippen molar-refractivity contribution in [1.29, 1.82) is 0 Å². The van der Waals surface area contributed by atoms with Crippen molar-refractivity contribution >= 4 is 12.0 Å². The highest BCUT2D eigenvalue weighted by Crippen LogP contribution is 2.25. The molecule has 0 bridgehead atoms. The van der Waals surface area contributed by atoms with E-state index in [1.54, 1.807) is 32.9 Å². The second-order valence-corrected chi connectivity index (χ2v) is 5.74. The summed E-state index contributed by atoms with van der Waals surface area (Å²) < 4.78 is 10.7. The van der Waals surface area contributed by atoms with Crippen LogP contribution in [0.1, 0.15) is 36.7 Å². The lowest BCUT2D eigenvalue weighted by Crippen LogP contribution is -2.34. The molecule has 0 saturated carbocycles. The first kappa shape index (κ1) is 15.2. The second-order valence-electron chi connectivity index (χ2n) is 5.74. The van der Waals surface area contributed by atoms with Gasteiger partial charge in [-0.3, -0.25) is 4.79 Å². The first-order chi connectivity index (χ1) is 9.87. The maximum Gasteiger partial charge on any atom is 0.407 e. The lowest BCUT2D eigenvalue weighted by Gasteiger charge is -2.19. The quantitative estimate of drug-likeness (QED) is 0.830. The lowest BCUT2D eigenvalue weighted by atomic mass is 10.1. The lowest BCUT2D eigenvalue weighted by molar-refractivity contribution is 0.0520. The molecule has 1 aliphatic rings. The molecule has 1 aliphatic heterocycles. The first-order valence-electron chi connectivity index (χ1n) is 6.86. The Morgan fingerprint density at radius 2 is 2.14 bits per heavy atom. The molecule has 0 unspecified atom stereocenters. The summed E-state index contributed by atoms with van der Waals surface area (Å²) in [6.07, 6.45) is -0.471. The van der Waals surface area contributed by atoms with Gasteiger partial charge in [0.1, 0.15) is 18.0 Å². The van der Waals surface area contributed by atoms with Gasteiger partial charge in [0.05, 0.1) is 6.54 Å². The summed E-state index contributed by atoms with van der Waals surface area (Å²) in [6, 6.07) is 5.36. The summed E-state index contributed by atoms with van der Waals surface area (Å²) in [5, 5.41) is 5.37. The summed E-state index contributed by atoms with van der Waals surface area (Å²) in [4.78, 5) is 23.0. The van der Waals surface area contributed by atoms with Crippen molar-refractivity contribution in [2.24, 2.45) is 0 Å². The molecule has 6 nitrogen and oxygen atoms in total. The molecule has 0 fully saturated rings. The van der Waals surface area contributed by atoms with E-state index in [0.29, 0.717) is 31.0 Å². The Bertz CT molecular complexity index is 549. The third-order valence-corrected chi connectivity index (χ3v) is 2.83. The summed E-state index contributed by atoms with van der Waals surface area (Å²) >= 11 is 0. The molecular weight excluding hydrogens is 272 g/mol. The maximum absolute atomic E-state index is 11.5. The standard InChI is InChI=1S/C15H20N2O4/c1-15(2,3)21-14(19)16-7-8-20-12-6-4-5-10-11(12)9-17-13(10)18/h4-6H,7-9H2,1-3H3,(H,16,19)(H,17,18). The number of ether oxygens (including phenoxy) is 2. The van der Waals surface area contributed by atoms with Crippen LogP contribution in [0.2, 0.25) is 0 Å². The topological polar surface area (TPSA) is 76.7 Å². The fraction of sp³-hybridized carbons (Fsp3) is 0.467. The number of hydrogen-bond donors (Lipinski definition) is 2. The number of amides is 2. The largest absolute Gasteiger partial charge is 0.491 e. The number of fused-ring (bicyclic) bond motifs is 1. The van der Waals surface area contributed by atoms with Gasteiger partial charge >= 0.3 is 6.09 Å². The zero-order valence-electron chi connectivity index (χ0n) is 12.5. The van der Waals surface area contributed by atoms with E-state index in [2.05, 4.69) is 10.6 Å². The highest BCUT2D eigenvalue weighted by molar-refractivity contribution is 5.99. The average Bonchev–Trinajstić information content (AvgIpc) is 2.75. The van der Waals surface area contributed by atoms with Crippen LogP contribution >= 0.6 is 0 Å². The highest BCUT2D eigenvalue weighted by Gasteiger charge is 2.22. The van der Waals surface area contributed by atoms with Crippen LogP contribution in [-0.2, 0) is 11.3 Å². The molecule has 0 atom stereocenters. The van der Waals surface area contributed by atoms with Crippen molar-refractivity contribution in [3.05, 3.63) is 29.3 Å². The van der Waals surface area contributed by atoms with Gasteiger partial charge in [-0.1, -0.05) is 6.07 Å². The van der Waals surface area contributed by atoms with Crippen molar-refractivity contribution < 1.29 is 19.1 Å². The fourth-order valence-electron chi connectivity index (χ4n) is 1.99. The Kier molecular flexibility index (Phi) is 4.35. The summed E-state index contributed by atoms with van der Waals surface area (Å²) in [5.41, 5.74) is 0.990. The number of carbonyl (C=O) groups excluding carboxylic acids is 2. The van der Waals surface area contributed by atoms with Crippen molar-refractivity contribution in [3.63, 3.8) is 0 Å². The van der Waals surface area contributed by atoms with E-state index in [1.807, 2.05) is 6.07 Å². The minimum Gasteiger partial charge on any atom is -0.491 e. The van der Waals surface area contributed by atoms with Crippen molar-refractivity contribution in [3.8, 4) is 5.75 Å². The molecule has 2 amide bonds. The van der Waals surface area contributed by atoms with Crippen LogP contribution in [0.15, 0.2) is 18.2 Å². The molecule has 1 aromatic carbocycles. The van der Waals surface area contributed by atoms with E-state index < -0.39 is 11.7 Å².